The van der Waals surface area contributed by atoms with E-state index in [0.29, 0.717) is 43.1 Å². The maximum absolute atomic E-state index is 10.6. The maximum Gasteiger partial charge on any atom is 0.222 e. The number of hydrogen-bond acceptors (Lipinski definition) is 6. The lowest BCUT2D eigenvalue weighted by atomic mass is 10.1. The van der Waals surface area contributed by atoms with E-state index in [0.717, 1.165) is 29.7 Å². The molecule has 0 saturated heterocycles. The van der Waals surface area contributed by atoms with Crippen molar-refractivity contribution < 1.29 is 19.3 Å². The third kappa shape index (κ3) is 5.86. The lowest BCUT2D eigenvalue weighted by Gasteiger charge is -2.25. The Morgan fingerprint density at radius 1 is 1.15 bits per heavy atom. The van der Waals surface area contributed by atoms with Crippen molar-refractivity contribution >= 4 is 0 Å². The highest BCUT2D eigenvalue weighted by atomic mass is 16.5. The lowest BCUT2D eigenvalue weighted by molar-refractivity contribution is 0.0227. The molecule has 0 spiro atoms. The molecule has 1 aliphatic rings. The van der Waals surface area contributed by atoms with Crippen molar-refractivity contribution in [2.45, 2.75) is 31.5 Å². The first-order valence-corrected chi connectivity index (χ1v) is 11.6. The highest BCUT2D eigenvalue weighted by Crippen LogP contribution is 2.39. The molecule has 0 bridgehead atoms. The number of nitrogens with zero attached hydrogens (tertiary/aromatic N) is 3. The van der Waals surface area contributed by atoms with Crippen LogP contribution in [-0.2, 0) is 18.3 Å². The first kappa shape index (κ1) is 24.0. The van der Waals surface area contributed by atoms with Gasteiger partial charge < -0.3 is 19.3 Å². The van der Waals surface area contributed by atoms with E-state index in [1.165, 1.54) is 0 Å². The standard InChI is InChI=1S/C27H33N3O4/c1-4-16-33-19-22(31)17-30(21-14-15-21)18-23-26(20-10-6-5-7-11-20)28-29(2)27(23)34-25-13-9-8-12-24(25)32-3/h4-13,21-22,31H,1,14-19H2,2-3H3/t22-/m1/s1. The second-order valence-corrected chi connectivity index (χ2v) is 8.52. The number of aromatic nitrogens is 2. The number of benzene rings is 2. The predicted octanol–water partition coefficient (Wildman–Crippen LogP) is 4.42. The van der Waals surface area contributed by atoms with Gasteiger partial charge in [-0.3, -0.25) is 4.90 Å². The molecule has 1 aromatic heterocycles. The van der Waals surface area contributed by atoms with Gasteiger partial charge in [0.05, 0.1) is 32.0 Å². The molecule has 0 aliphatic heterocycles. The van der Waals surface area contributed by atoms with Gasteiger partial charge >= 0.3 is 0 Å². The number of aliphatic hydroxyl groups excluding tert-OH is 1. The molecule has 34 heavy (non-hydrogen) atoms. The van der Waals surface area contributed by atoms with Gasteiger partial charge in [-0.25, -0.2) is 4.68 Å². The number of hydrogen-bond donors (Lipinski definition) is 1. The fourth-order valence-electron chi connectivity index (χ4n) is 4.05. The van der Waals surface area contributed by atoms with Crippen molar-refractivity contribution in [3.05, 3.63) is 72.8 Å². The van der Waals surface area contributed by atoms with E-state index >= 15 is 0 Å². The van der Waals surface area contributed by atoms with Gasteiger partial charge in [0.1, 0.15) is 5.69 Å². The Balaban J connectivity index is 1.66. The summed E-state index contributed by atoms with van der Waals surface area (Å²) in [6.45, 7) is 5.48. The zero-order chi connectivity index (χ0) is 23.9. The minimum absolute atomic E-state index is 0.276. The van der Waals surface area contributed by atoms with Gasteiger partial charge in [-0.1, -0.05) is 48.5 Å². The zero-order valence-electron chi connectivity index (χ0n) is 19.9. The van der Waals surface area contributed by atoms with Crippen LogP contribution in [0.25, 0.3) is 11.3 Å². The molecular formula is C27H33N3O4. The van der Waals surface area contributed by atoms with Crippen molar-refractivity contribution in [2.75, 3.05) is 26.9 Å². The molecule has 0 amide bonds. The monoisotopic (exact) mass is 463 g/mol. The molecule has 7 nitrogen and oxygen atoms in total. The lowest BCUT2D eigenvalue weighted by Crippen LogP contribution is -2.36. The third-order valence-electron chi connectivity index (χ3n) is 5.83. The van der Waals surface area contributed by atoms with Gasteiger partial charge in [0.25, 0.3) is 0 Å². The predicted molar refractivity (Wildman–Crippen MR) is 132 cm³/mol. The van der Waals surface area contributed by atoms with Crippen LogP contribution in [0.1, 0.15) is 18.4 Å². The minimum atomic E-state index is -0.587. The third-order valence-corrected chi connectivity index (χ3v) is 5.83. The van der Waals surface area contributed by atoms with Crippen LogP contribution in [-0.4, -0.2) is 58.8 Å². The van der Waals surface area contributed by atoms with E-state index in [1.54, 1.807) is 17.9 Å². The summed E-state index contributed by atoms with van der Waals surface area (Å²) in [6, 6.07) is 18.1. The number of aliphatic hydroxyl groups is 1. The molecule has 4 rings (SSSR count). The van der Waals surface area contributed by atoms with Crippen LogP contribution in [0.15, 0.2) is 67.3 Å². The summed E-state index contributed by atoms with van der Waals surface area (Å²) < 4.78 is 19.1. The van der Waals surface area contributed by atoms with Gasteiger partial charge in [0.15, 0.2) is 11.5 Å². The molecule has 3 aromatic rings. The van der Waals surface area contributed by atoms with Crippen molar-refractivity contribution in [3.8, 4) is 28.6 Å². The normalized spacial score (nSPS) is 14.2. The Kier molecular flexibility index (Phi) is 8.00. The molecular weight excluding hydrogens is 430 g/mol. The molecule has 7 heteroatoms. The van der Waals surface area contributed by atoms with Gasteiger partial charge in [-0.2, -0.15) is 5.10 Å². The van der Waals surface area contributed by atoms with Gasteiger partial charge in [-0.05, 0) is 25.0 Å². The Hall–Kier alpha value is -3.13. The molecule has 1 saturated carbocycles. The molecule has 180 valence electrons. The average molecular weight is 464 g/mol. The van der Waals surface area contributed by atoms with Crippen LogP contribution in [0, 0.1) is 0 Å². The van der Waals surface area contributed by atoms with Crippen LogP contribution in [0.4, 0.5) is 0 Å². The van der Waals surface area contributed by atoms with Crippen molar-refractivity contribution in [1.29, 1.82) is 0 Å². The average Bonchev–Trinajstić information content (AvgIpc) is 3.66. The van der Waals surface area contributed by atoms with Gasteiger partial charge in [-0.15, -0.1) is 6.58 Å². The van der Waals surface area contributed by atoms with Crippen LogP contribution in [0.5, 0.6) is 17.4 Å². The first-order chi connectivity index (χ1) is 16.6. The summed E-state index contributed by atoms with van der Waals surface area (Å²) in [7, 11) is 3.52. The fourth-order valence-corrected chi connectivity index (χ4v) is 4.05. The SMILES string of the molecule is C=CCOC[C@H](O)CN(Cc1c(-c2ccccc2)nn(C)c1Oc1ccccc1OC)C1CC1. The van der Waals surface area contributed by atoms with Crippen LogP contribution in [0.2, 0.25) is 0 Å². The summed E-state index contributed by atoms with van der Waals surface area (Å²) in [5.74, 6) is 1.95. The number of aryl methyl sites for hydroxylation is 1. The summed E-state index contributed by atoms with van der Waals surface area (Å²) in [4.78, 5) is 2.31. The molecule has 1 heterocycles. The van der Waals surface area contributed by atoms with Crippen LogP contribution < -0.4 is 9.47 Å². The Morgan fingerprint density at radius 2 is 1.85 bits per heavy atom. The maximum atomic E-state index is 10.6. The molecule has 1 aliphatic carbocycles. The minimum Gasteiger partial charge on any atom is -0.493 e. The second-order valence-electron chi connectivity index (χ2n) is 8.52. The zero-order valence-corrected chi connectivity index (χ0v) is 19.9. The van der Waals surface area contributed by atoms with Crippen molar-refractivity contribution in [1.82, 2.24) is 14.7 Å². The molecule has 1 N–H and O–H groups in total. The van der Waals surface area contributed by atoms with E-state index in [-0.39, 0.29) is 6.61 Å². The smallest absolute Gasteiger partial charge is 0.222 e. The number of methoxy groups -OCH3 is 1. The van der Waals surface area contributed by atoms with Crippen molar-refractivity contribution in [2.24, 2.45) is 7.05 Å². The highest BCUT2D eigenvalue weighted by molar-refractivity contribution is 5.66. The molecule has 0 unspecified atom stereocenters. The topological polar surface area (TPSA) is 69.0 Å². The molecule has 2 aromatic carbocycles. The quantitative estimate of drug-likeness (QED) is 0.299. The van der Waals surface area contributed by atoms with Crippen LogP contribution in [0.3, 0.4) is 0 Å². The Labute approximate surface area is 201 Å². The second kappa shape index (κ2) is 11.3. The summed E-state index contributed by atoms with van der Waals surface area (Å²) in [5, 5.41) is 15.4. The Bertz CT molecular complexity index is 1080. The number of para-hydroxylation sites is 2. The van der Waals surface area contributed by atoms with Gasteiger partial charge in [0.2, 0.25) is 5.88 Å². The molecule has 1 fully saturated rings. The summed E-state index contributed by atoms with van der Waals surface area (Å²) >= 11 is 0. The van der Waals surface area contributed by atoms with E-state index in [2.05, 4.69) is 23.6 Å². The highest BCUT2D eigenvalue weighted by Gasteiger charge is 2.33. The summed E-state index contributed by atoms with van der Waals surface area (Å²) in [5.41, 5.74) is 2.87. The number of rotatable bonds is 13. The van der Waals surface area contributed by atoms with E-state index in [4.69, 9.17) is 19.3 Å². The summed E-state index contributed by atoms with van der Waals surface area (Å²) in [6.07, 6.45) is 3.33. The Morgan fingerprint density at radius 3 is 2.53 bits per heavy atom. The van der Waals surface area contributed by atoms with Crippen LogP contribution >= 0.6 is 0 Å². The fraction of sp³-hybridized carbons (Fsp3) is 0.370. The van der Waals surface area contributed by atoms with E-state index < -0.39 is 6.10 Å². The first-order valence-electron chi connectivity index (χ1n) is 11.6. The molecule has 0 radical (unpaired) electrons. The van der Waals surface area contributed by atoms with E-state index in [9.17, 15) is 5.11 Å². The van der Waals surface area contributed by atoms with E-state index in [1.807, 2.05) is 49.5 Å². The largest absolute Gasteiger partial charge is 0.493 e. The van der Waals surface area contributed by atoms with Crippen molar-refractivity contribution in [3.63, 3.8) is 0 Å². The molecule has 1 atom stereocenters. The van der Waals surface area contributed by atoms with Gasteiger partial charge in [0, 0.05) is 31.7 Å². The number of ether oxygens (including phenoxy) is 3.